The van der Waals surface area contributed by atoms with Crippen molar-refractivity contribution in [2.45, 2.75) is 26.2 Å². The first-order valence-corrected chi connectivity index (χ1v) is 7.93. The lowest BCUT2D eigenvalue weighted by molar-refractivity contribution is 0.0953. The van der Waals surface area contributed by atoms with Gasteiger partial charge in [-0.3, -0.25) is 14.6 Å². The highest BCUT2D eigenvalue weighted by Gasteiger charge is 2.21. The number of nitrogens with one attached hydrogen (secondary N) is 3. The summed E-state index contributed by atoms with van der Waals surface area (Å²) in [6.45, 7) is 2.72. The number of rotatable bonds is 4. The monoisotopic (exact) mass is 331 g/mol. The first-order valence-electron chi connectivity index (χ1n) is 7.53. The van der Waals surface area contributed by atoms with Crippen molar-refractivity contribution in [3.8, 4) is 11.6 Å². The third-order valence-electron chi connectivity index (χ3n) is 3.73. The van der Waals surface area contributed by atoms with E-state index >= 15 is 0 Å². The Hall–Kier alpha value is -2.41. The van der Waals surface area contributed by atoms with Crippen molar-refractivity contribution in [2.24, 2.45) is 0 Å². The van der Waals surface area contributed by atoms with Gasteiger partial charge in [-0.2, -0.15) is 0 Å². The molecule has 7 heteroatoms. The molecule has 1 aliphatic rings. The van der Waals surface area contributed by atoms with Crippen molar-refractivity contribution in [3.05, 3.63) is 50.0 Å². The summed E-state index contributed by atoms with van der Waals surface area (Å²) < 4.78 is 5.95. The number of carbonyl (C=O) groups excluding carboxylic acids is 1. The van der Waals surface area contributed by atoms with Gasteiger partial charge in [-0.25, -0.2) is 0 Å². The zero-order chi connectivity index (χ0) is 16.4. The van der Waals surface area contributed by atoms with Crippen LogP contribution in [0.2, 0.25) is 0 Å². The van der Waals surface area contributed by atoms with Crippen LogP contribution in [0.5, 0.6) is 11.6 Å². The Kier molecular flexibility index (Phi) is 4.29. The molecule has 120 valence electrons. The van der Waals surface area contributed by atoms with E-state index in [1.54, 1.807) is 12.1 Å². The summed E-state index contributed by atoms with van der Waals surface area (Å²) in [6.07, 6.45) is 2.40. The van der Waals surface area contributed by atoms with Crippen LogP contribution >= 0.6 is 12.2 Å². The van der Waals surface area contributed by atoms with E-state index < -0.39 is 0 Å². The average Bonchev–Trinajstić information content (AvgIpc) is 2.52. The van der Waals surface area contributed by atoms with Crippen molar-refractivity contribution in [1.29, 1.82) is 0 Å². The highest BCUT2D eigenvalue weighted by molar-refractivity contribution is 7.71. The number of unbranched alkanes of at least 4 members (excludes halogenated alkanes) is 1. The summed E-state index contributed by atoms with van der Waals surface area (Å²) in [4.78, 5) is 29.4. The zero-order valence-corrected chi connectivity index (χ0v) is 13.5. The topological polar surface area (TPSA) is 87.0 Å². The van der Waals surface area contributed by atoms with E-state index in [-0.39, 0.29) is 16.2 Å². The Bertz CT molecular complexity index is 870. The maximum Gasteiger partial charge on any atom is 0.259 e. The first-order chi connectivity index (χ1) is 11.1. The van der Waals surface area contributed by atoms with Gasteiger partial charge < -0.3 is 15.0 Å². The van der Waals surface area contributed by atoms with E-state index in [0.29, 0.717) is 35.7 Å². The number of fused-ring (bicyclic) bond motifs is 2. The van der Waals surface area contributed by atoms with Crippen molar-refractivity contribution >= 4 is 18.1 Å². The van der Waals surface area contributed by atoms with Crippen LogP contribution in [0.1, 0.15) is 41.3 Å². The molecule has 0 aliphatic carbocycles. The second-order valence-corrected chi connectivity index (χ2v) is 5.83. The van der Waals surface area contributed by atoms with Crippen molar-refractivity contribution in [2.75, 3.05) is 6.54 Å². The largest absolute Gasteiger partial charge is 0.440 e. The normalized spacial score (nSPS) is 12.0. The number of benzene rings is 1. The molecule has 3 N–H and O–H groups in total. The van der Waals surface area contributed by atoms with Gasteiger partial charge in [0, 0.05) is 18.5 Å². The van der Waals surface area contributed by atoms with E-state index in [4.69, 9.17) is 17.0 Å². The molecule has 0 bridgehead atoms. The summed E-state index contributed by atoms with van der Waals surface area (Å²) in [5.41, 5.74) is 1.65. The Morgan fingerprint density at radius 3 is 3.00 bits per heavy atom. The minimum absolute atomic E-state index is 0.130. The fourth-order valence-corrected chi connectivity index (χ4v) is 2.64. The minimum atomic E-state index is -0.254. The highest BCUT2D eigenvalue weighted by atomic mass is 32.1. The van der Waals surface area contributed by atoms with E-state index in [9.17, 15) is 9.59 Å². The van der Waals surface area contributed by atoms with Crippen molar-refractivity contribution < 1.29 is 9.53 Å². The van der Waals surface area contributed by atoms with Crippen molar-refractivity contribution in [3.63, 3.8) is 0 Å². The van der Waals surface area contributed by atoms with E-state index in [1.165, 1.54) is 0 Å². The van der Waals surface area contributed by atoms with E-state index in [0.717, 1.165) is 18.4 Å². The SMILES string of the molecule is CCCCNC(=O)c1ccc2c(c1)Oc1[nH]c(=S)[nH]c(=O)c1C2. The van der Waals surface area contributed by atoms with Crippen LogP contribution < -0.4 is 15.6 Å². The number of carbonyl (C=O) groups is 1. The van der Waals surface area contributed by atoms with Gasteiger partial charge in [0.25, 0.3) is 11.5 Å². The molecule has 0 saturated heterocycles. The zero-order valence-electron chi connectivity index (χ0n) is 12.7. The number of H-pyrrole nitrogens is 2. The molecule has 2 aromatic rings. The maximum atomic E-state index is 12.1. The molecule has 3 rings (SSSR count). The Labute approximate surface area is 137 Å². The Morgan fingerprint density at radius 2 is 2.22 bits per heavy atom. The molecule has 1 aliphatic heterocycles. The van der Waals surface area contributed by atoms with Crippen LogP contribution in [0.25, 0.3) is 0 Å². The Morgan fingerprint density at radius 1 is 1.39 bits per heavy atom. The summed E-state index contributed by atoms with van der Waals surface area (Å²) in [6, 6.07) is 5.25. The van der Waals surface area contributed by atoms with Gasteiger partial charge in [0.1, 0.15) is 5.75 Å². The van der Waals surface area contributed by atoms with Gasteiger partial charge in [-0.1, -0.05) is 19.4 Å². The standard InChI is InChI=1S/C16H17N3O3S/c1-2-3-6-17-13(20)10-5-4-9-7-11-14(21)18-16(23)19-15(11)22-12(9)8-10/h4-5,8H,2-3,6-7H2,1H3,(H,17,20)(H2,18,19,21,23). The molecule has 0 fully saturated rings. The van der Waals surface area contributed by atoms with Crippen LogP contribution in [0, 0.1) is 4.77 Å². The van der Waals surface area contributed by atoms with Gasteiger partial charge in [0.15, 0.2) is 4.77 Å². The molecule has 1 aromatic carbocycles. The predicted molar refractivity (Wildman–Crippen MR) is 88.8 cm³/mol. The molecule has 23 heavy (non-hydrogen) atoms. The smallest absolute Gasteiger partial charge is 0.259 e. The predicted octanol–water partition coefficient (Wildman–Crippen LogP) is 2.66. The average molecular weight is 331 g/mol. The van der Waals surface area contributed by atoms with Crippen LogP contribution in [0.15, 0.2) is 23.0 Å². The van der Waals surface area contributed by atoms with Gasteiger partial charge >= 0.3 is 0 Å². The lowest BCUT2D eigenvalue weighted by Gasteiger charge is -2.19. The molecular weight excluding hydrogens is 314 g/mol. The number of aromatic amines is 2. The number of amides is 1. The van der Waals surface area contributed by atoms with Crippen LogP contribution in [0.3, 0.4) is 0 Å². The molecule has 6 nitrogen and oxygen atoms in total. The second-order valence-electron chi connectivity index (χ2n) is 5.43. The summed E-state index contributed by atoms with van der Waals surface area (Å²) in [7, 11) is 0. The molecule has 0 unspecified atom stereocenters. The van der Waals surface area contributed by atoms with Gasteiger partial charge in [0.2, 0.25) is 5.88 Å². The molecule has 1 amide bonds. The lowest BCUT2D eigenvalue weighted by atomic mass is 10.0. The fourth-order valence-electron chi connectivity index (χ4n) is 2.46. The summed E-state index contributed by atoms with van der Waals surface area (Å²) >= 11 is 4.95. The van der Waals surface area contributed by atoms with Crippen LogP contribution in [-0.4, -0.2) is 22.4 Å². The number of hydrogen-bond donors (Lipinski definition) is 3. The molecule has 0 atom stereocenters. The number of hydrogen-bond acceptors (Lipinski definition) is 4. The number of aromatic nitrogens is 2. The molecule has 2 heterocycles. The third kappa shape index (κ3) is 3.19. The van der Waals surface area contributed by atoms with Crippen LogP contribution in [-0.2, 0) is 6.42 Å². The Balaban J connectivity index is 1.87. The molecular formula is C16H17N3O3S. The minimum Gasteiger partial charge on any atom is -0.440 e. The fraction of sp³-hybridized carbons (Fsp3) is 0.312. The van der Waals surface area contributed by atoms with Crippen molar-refractivity contribution in [1.82, 2.24) is 15.3 Å². The molecule has 0 saturated carbocycles. The second kappa shape index (κ2) is 6.37. The van der Waals surface area contributed by atoms with Crippen LogP contribution in [0.4, 0.5) is 0 Å². The highest BCUT2D eigenvalue weighted by Crippen LogP contribution is 2.33. The van der Waals surface area contributed by atoms with E-state index in [1.807, 2.05) is 6.07 Å². The molecule has 0 spiro atoms. The molecule has 0 radical (unpaired) electrons. The number of ether oxygens (including phenoxy) is 1. The first kappa shape index (κ1) is 15.5. The third-order valence-corrected chi connectivity index (χ3v) is 3.93. The lowest BCUT2D eigenvalue weighted by Crippen LogP contribution is -2.24. The van der Waals surface area contributed by atoms with Gasteiger partial charge in [0.05, 0.1) is 5.56 Å². The molecule has 1 aromatic heterocycles. The summed E-state index contributed by atoms with van der Waals surface area (Å²) in [5, 5.41) is 2.87. The van der Waals surface area contributed by atoms with Gasteiger partial charge in [-0.15, -0.1) is 0 Å². The van der Waals surface area contributed by atoms with Gasteiger partial charge in [-0.05, 0) is 36.3 Å². The maximum absolute atomic E-state index is 12.1. The quantitative estimate of drug-likeness (QED) is 0.507. The summed E-state index contributed by atoms with van der Waals surface area (Å²) in [5.74, 6) is 0.779. The van der Waals surface area contributed by atoms with E-state index in [2.05, 4.69) is 22.2 Å².